The molecule has 184 valence electrons. The van der Waals surface area contributed by atoms with Gasteiger partial charge in [-0.25, -0.2) is 0 Å². The van der Waals surface area contributed by atoms with Gasteiger partial charge in [0.1, 0.15) is 11.4 Å². The number of rotatable bonds is 7. The maximum Gasteiger partial charge on any atom is 0.309 e. The van der Waals surface area contributed by atoms with E-state index in [2.05, 4.69) is 5.32 Å². The molecule has 0 bridgehead atoms. The van der Waals surface area contributed by atoms with Crippen molar-refractivity contribution >= 4 is 17.6 Å². The zero-order chi connectivity index (χ0) is 25.8. The Hall–Kier alpha value is -4.39. The van der Waals surface area contributed by atoms with Crippen LogP contribution in [0.2, 0.25) is 0 Å². The van der Waals surface area contributed by atoms with E-state index in [9.17, 15) is 9.59 Å². The van der Waals surface area contributed by atoms with Crippen LogP contribution in [0, 0.1) is 12.8 Å². The lowest BCUT2D eigenvalue weighted by molar-refractivity contribution is -0.132. The lowest BCUT2D eigenvalue weighted by Crippen LogP contribution is -2.17. The molecule has 0 aliphatic heterocycles. The van der Waals surface area contributed by atoms with Crippen LogP contribution in [0.4, 0.5) is 5.69 Å². The molecule has 36 heavy (non-hydrogen) atoms. The van der Waals surface area contributed by atoms with Gasteiger partial charge >= 0.3 is 5.97 Å². The number of anilines is 1. The molecule has 3 aromatic carbocycles. The van der Waals surface area contributed by atoms with E-state index in [0.717, 1.165) is 28.1 Å². The number of methoxy groups -OCH3 is 1. The molecule has 0 saturated carbocycles. The number of aromatic nitrogens is 2. The molecule has 0 aliphatic rings. The van der Waals surface area contributed by atoms with Crippen molar-refractivity contribution < 1.29 is 19.1 Å². The molecule has 1 heterocycles. The van der Waals surface area contributed by atoms with Crippen molar-refractivity contribution in [2.75, 3.05) is 12.4 Å². The van der Waals surface area contributed by atoms with Gasteiger partial charge < -0.3 is 14.8 Å². The Morgan fingerprint density at radius 1 is 0.944 bits per heavy atom. The van der Waals surface area contributed by atoms with E-state index in [0.29, 0.717) is 22.8 Å². The first-order valence-corrected chi connectivity index (χ1v) is 11.7. The van der Waals surface area contributed by atoms with Crippen molar-refractivity contribution in [3.05, 3.63) is 78.4 Å². The summed E-state index contributed by atoms with van der Waals surface area (Å²) in [7, 11) is 1.62. The standard InChI is InChI=1S/C29H29N3O4/c1-18(2)28(34)30-23-13-9-21(10-14-23)26-27(22-11-15-25(35-5)16-12-22)31-32(29(26)36-20(4)33)24-8-6-7-19(3)17-24/h6-18H,1-5H3,(H,30,34). The molecule has 0 radical (unpaired) electrons. The highest BCUT2D eigenvalue weighted by molar-refractivity contribution is 5.93. The number of nitrogens with one attached hydrogen (secondary N) is 1. The summed E-state index contributed by atoms with van der Waals surface area (Å²) >= 11 is 0. The Kier molecular flexibility index (Phi) is 7.20. The number of carbonyl (C=O) groups is 2. The summed E-state index contributed by atoms with van der Waals surface area (Å²) in [6.07, 6.45) is 0. The maximum absolute atomic E-state index is 12.2. The predicted octanol–water partition coefficient (Wildman–Crippen LogP) is 6.04. The lowest BCUT2D eigenvalue weighted by atomic mass is 10.0. The summed E-state index contributed by atoms with van der Waals surface area (Å²) in [6.45, 7) is 7.05. The minimum Gasteiger partial charge on any atom is -0.497 e. The minimum absolute atomic E-state index is 0.0606. The number of amides is 1. The van der Waals surface area contributed by atoms with Crippen LogP contribution in [0.15, 0.2) is 72.8 Å². The molecular formula is C29H29N3O4. The zero-order valence-corrected chi connectivity index (χ0v) is 21.0. The topological polar surface area (TPSA) is 82.4 Å². The molecule has 1 amide bonds. The Morgan fingerprint density at radius 3 is 2.19 bits per heavy atom. The molecule has 4 aromatic rings. The van der Waals surface area contributed by atoms with Crippen LogP contribution in [0.3, 0.4) is 0 Å². The van der Waals surface area contributed by atoms with E-state index in [4.69, 9.17) is 14.6 Å². The lowest BCUT2D eigenvalue weighted by Gasteiger charge is -2.11. The average Bonchev–Trinajstić information content (AvgIpc) is 3.23. The van der Waals surface area contributed by atoms with E-state index in [-0.39, 0.29) is 11.8 Å². The van der Waals surface area contributed by atoms with Gasteiger partial charge in [0.2, 0.25) is 11.8 Å². The third kappa shape index (κ3) is 5.30. The van der Waals surface area contributed by atoms with Gasteiger partial charge in [0.15, 0.2) is 0 Å². The number of hydrogen-bond acceptors (Lipinski definition) is 5. The van der Waals surface area contributed by atoms with E-state index in [1.165, 1.54) is 6.92 Å². The Morgan fingerprint density at radius 2 is 1.61 bits per heavy atom. The van der Waals surface area contributed by atoms with Crippen LogP contribution in [0.25, 0.3) is 28.1 Å². The second-order valence-electron chi connectivity index (χ2n) is 8.82. The molecule has 0 unspecified atom stereocenters. The zero-order valence-electron chi connectivity index (χ0n) is 21.0. The number of benzene rings is 3. The molecule has 0 spiro atoms. The summed E-state index contributed by atoms with van der Waals surface area (Å²) in [5, 5.41) is 7.80. The quantitative estimate of drug-likeness (QED) is 0.324. The third-order valence-corrected chi connectivity index (χ3v) is 5.66. The van der Waals surface area contributed by atoms with Crippen molar-refractivity contribution in [2.45, 2.75) is 27.7 Å². The first-order valence-electron chi connectivity index (χ1n) is 11.7. The number of aryl methyl sites for hydroxylation is 1. The number of nitrogens with zero attached hydrogens (tertiary/aromatic N) is 2. The summed E-state index contributed by atoms with van der Waals surface area (Å²) in [5.74, 6) is 0.401. The van der Waals surface area contributed by atoms with E-state index < -0.39 is 5.97 Å². The number of hydrogen-bond donors (Lipinski definition) is 1. The van der Waals surface area contributed by atoms with E-state index in [1.54, 1.807) is 11.8 Å². The summed E-state index contributed by atoms with van der Waals surface area (Å²) in [5.41, 5.74) is 5.44. The van der Waals surface area contributed by atoms with Crippen molar-refractivity contribution in [3.63, 3.8) is 0 Å². The van der Waals surface area contributed by atoms with Gasteiger partial charge in [-0.15, -0.1) is 0 Å². The highest BCUT2D eigenvalue weighted by atomic mass is 16.5. The summed E-state index contributed by atoms with van der Waals surface area (Å²) < 4.78 is 12.7. The molecule has 0 saturated heterocycles. The van der Waals surface area contributed by atoms with Crippen LogP contribution in [0.5, 0.6) is 11.6 Å². The summed E-state index contributed by atoms with van der Waals surface area (Å²) in [6, 6.07) is 22.8. The fraction of sp³-hybridized carbons (Fsp3) is 0.207. The van der Waals surface area contributed by atoms with Gasteiger partial charge in [0, 0.05) is 24.1 Å². The second-order valence-corrected chi connectivity index (χ2v) is 8.82. The predicted molar refractivity (Wildman–Crippen MR) is 141 cm³/mol. The molecule has 7 nitrogen and oxygen atoms in total. The van der Waals surface area contributed by atoms with Gasteiger partial charge in [-0.3, -0.25) is 9.59 Å². The van der Waals surface area contributed by atoms with Crippen LogP contribution >= 0.6 is 0 Å². The molecule has 4 rings (SSSR count). The number of ether oxygens (including phenoxy) is 2. The fourth-order valence-corrected chi connectivity index (χ4v) is 3.79. The van der Waals surface area contributed by atoms with Gasteiger partial charge in [0.05, 0.1) is 18.4 Å². The van der Waals surface area contributed by atoms with Crippen molar-refractivity contribution in [1.29, 1.82) is 0 Å². The van der Waals surface area contributed by atoms with Crippen molar-refractivity contribution in [2.24, 2.45) is 5.92 Å². The van der Waals surface area contributed by atoms with Gasteiger partial charge in [-0.2, -0.15) is 9.78 Å². The Labute approximate surface area is 210 Å². The largest absolute Gasteiger partial charge is 0.497 e. The monoisotopic (exact) mass is 483 g/mol. The Balaban J connectivity index is 1.91. The third-order valence-electron chi connectivity index (χ3n) is 5.66. The number of carbonyl (C=O) groups excluding carboxylic acids is 2. The minimum atomic E-state index is -0.452. The van der Waals surface area contributed by atoms with E-state index in [1.807, 2.05) is 93.6 Å². The summed E-state index contributed by atoms with van der Waals surface area (Å²) in [4.78, 5) is 24.3. The smallest absolute Gasteiger partial charge is 0.309 e. The molecule has 0 fully saturated rings. The average molecular weight is 484 g/mol. The second kappa shape index (κ2) is 10.5. The van der Waals surface area contributed by atoms with Crippen LogP contribution in [-0.4, -0.2) is 28.8 Å². The molecule has 0 aliphatic carbocycles. The highest BCUT2D eigenvalue weighted by Crippen LogP contribution is 2.41. The van der Waals surface area contributed by atoms with Gasteiger partial charge in [-0.05, 0) is 66.6 Å². The van der Waals surface area contributed by atoms with Gasteiger partial charge in [0.25, 0.3) is 0 Å². The van der Waals surface area contributed by atoms with Crippen molar-refractivity contribution in [1.82, 2.24) is 9.78 Å². The molecule has 1 aromatic heterocycles. The molecular weight excluding hydrogens is 454 g/mol. The first-order chi connectivity index (χ1) is 17.3. The number of esters is 1. The van der Waals surface area contributed by atoms with Crippen LogP contribution < -0.4 is 14.8 Å². The SMILES string of the molecule is COc1ccc(-c2nn(-c3cccc(C)c3)c(OC(C)=O)c2-c2ccc(NC(=O)C(C)C)cc2)cc1. The van der Waals surface area contributed by atoms with E-state index >= 15 is 0 Å². The normalized spacial score (nSPS) is 10.8. The molecule has 1 N–H and O–H groups in total. The highest BCUT2D eigenvalue weighted by Gasteiger charge is 2.25. The van der Waals surface area contributed by atoms with Crippen LogP contribution in [0.1, 0.15) is 26.3 Å². The molecule has 0 atom stereocenters. The maximum atomic E-state index is 12.2. The van der Waals surface area contributed by atoms with Gasteiger partial charge in [-0.1, -0.05) is 38.1 Å². The fourth-order valence-electron chi connectivity index (χ4n) is 3.79. The van der Waals surface area contributed by atoms with Crippen molar-refractivity contribution in [3.8, 4) is 39.7 Å². The first kappa shape index (κ1) is 24.7. The molecule has 7 heteroatoms. The van der Waals surface area contributed by atoms with Crippen LogP contribution in [-0.2, 0) is 9.59 Å². The Bertz CT molecular complexity index is 1390.